The van der Waals surface area contributed by atoms with E-state index in [1.165, 1.54) is 257 Å². The van der Waals surface area contributed by atoms with Crippen LogP contribution in [0.3, 0.4) is 0 Å². The molecule has 0 aliphatic carbocycles. The standard InChI is InChI=1S/C64H121NO5/c1-3-5-7-9-11-13-14-15-35-38-42-46-50-54-58-64(69)70-59-55-51-47-43-39-36-33-31-29-27-25-23-21-19-17-16-18-20-22-24-26-28-30-32-34-37-41-45-49-53-57-63(68)65-61(60-66)62(67)56-52-48-44-40-12-10-8-6-4-2/h9,11,14-15,52,56,61-62,66-67H,3-8,10,12-13,16-51,53-55,57-60H2,1-2H3,(H,65,68)/b11-9-,15-14-,56-52+. The van der Waals surface area contributed by atoms with E-state index in [1.807, 2.05) is 6.08 Å². The number of carbonyl (C=O) groups excluding carboxylic acids is 2. The fourth-order valence-electron chi connectivity index (χ4n) is 9.59. The van der Waals surface area contributed by atoms with Gasteiger partial charge in [0.05, 0.1) is 25.4 Å². The highest BCUT2D eigenvalue weighted by Gasteiger charge is 2.18. The Hall–Kier alpha value is -1.92. The van der Waals surface area contributed by atoms with Crippen molar-refractivity contribution >= 4 is 11.9 Å². The third-order valence-corrected chi connectivity index (χ3v) is 14.4. The molecule has 6 nitrogen and oxygen atoms in total. The zero-order chi connectivity index (χ0) is 50.7. The van der Waals surface area contributed by atoms with E-state index in [0.29, 0.717) is 19.4 Å². The number of hydrogen-bond donors (Lipinski definition) is 3. The Kier molecular flexibility index (Phi) is 58.0. The highest BCUT2D eigenvalue weighted by molar-refractivity contribution is 5.76. The number of allylic oxidation sites excluding steroid dienone is 5. The predicted molar refractivity (Wildman–Crippen MR) is 306 cm³/mol. The van der Waals surface area contributed by atoms with E-state index in [9.17, 15) is 19.8 Å². The van der Waals surface area contributed by atoms with Gasteiger partial charge >= 0.3 is 5.97 Å². The molecule has 0 saturated heterocycles. The van der Waals surface area contributed by atoms with Crippen LogP contribution in [0.2, 0.25) is 0 Å². The highest BCUT2D eigenvalue weighted by Crippen LogP contribution is 2.18. The Bertz CT molecular complexity index is 1130. The zero-order valence-corrected chi connectivity index (χ0v) is 47.0. The number of nitrogens with one attached hydrogen (secondary N) is 1. The van der Waals surface area contributed by atoms with E-state index in [4.69, 9.17) is 4.74 Å². The van der Waals surface area contributed by atoms with Crippen molar-refractivity contribution in [3.8, 4) is 0 Å². The molecule has 0 bridgehead atoms. The number of unbranched alkanes of at least 4 members (excludes halogenated alkanes) is 43. The molecule has 0 aromatic heterocycles. The summed E-state index contributed by atoms with van der Waals surface area (Å²) in [5.74, 6) is -0.0614. The van der Waals surface area contributed by atoms with E-state index in [2.05, 4.69) is 43.5 Å². The average molecular weight is 985 g/mol. The minimum atomic E-state index is -0.839. The summed E-state index contributed by atoms with van der Waals surface area (Å²) < 4.78 is 5.48. The summed E-state index contributed by atoms with van der Waals surface area (Å²) in [4.78, 5) is 24.4. The molecule has 0 heterocycles. The van der Waals surface area contributed by atoms with Crippen molar-refractivity contribution < 1.29 is 24.5 Å². The van der Waals surface area contributed by atoms with Crippen LogP contribution in [0.25, 0.3) is 0 Å². The molecule has 0 radical (unpaired) electrons. The van der Waals surface area contributed by atoms with Crippen LogP contribution in [0.15, 0.2) is 36.5 Å². The minimum absolute atomic E-state index is 0.00487. The van der Waals surface area contributed by atoms with Gasteiger partial charge in [-0.05, 0) is 57.8 Å². The lowest BCUT2D eigenvalue weighted by molar-refractivity contribution is -0.143. The molecular weight excluding hydrogens is 863 g/mol. The number of aliphatic hydroxyl groups excluding tert-OH is 2. The second kappa shape index (κ2) is 59.6. The molecule has 2 atom stereocenters. The molecule has 0 aliphatic rings. The maximum atomic E-state index is 12.4. The summed E-state index contributed by atoms with van der Waals surface area (Å²) in [5, 5.41) is 23.0. The predicted octanol–water partition coefficient (Wildman–Crippen LogP) is 19.6. The van der Waals surface area contributed by atoms with Crippen LogP contribution in [0.5, 0.6) is 0 Å². The van der Waals surface area contributed by atoms with Crippen molar-refractivity contribution in [3.05, 3.63) is 36.5 Å². The van der Waals surface area contributed by atoms with Gasteiger partial charge in [-0.2, -0.15) is 0 Å². The fourth-order valence-corrected chi connectivity index (χ4v) is 9.59. The van der Waals surface area contributed by atoms with Crippen molar-refractivity contribution in [2.24, 2.45) is 0 Å². The molecule has 0 spiro atoms. The number of carbonyl (C=O) groups is 2. The minimum Gasteiger partial charge on any atom is -0.466 e. The van der Waals surface area contributed by atoms with E-state index >= 15 is 0 Å². The van der Waals surface area contributed by atoms with Gasteiger partial charge in [-0.1, -0.05) is 301 Å². The summed E-state index contributed by atoms with van der Waals surface area (Å²) in [6, 6.07) is -0.622. The average Bonchev–Trinajstić information content (AvgIpc) is 3.36. The smallest absolute Gasteiger partial charge is 0.305 e. The molecule has 3 N–H and O–H groups in total. The van der Waals surface area contributed by atoms with Crippen LogP contribution in [-0.4, -0.2) is 47.4 Å². The van der Waals surface area contributed by atoms with Crippen LogP contribution in [-0.2, 0) is 14.3 Å². The number of amides is 1. The topological polar surface area (TPSA) is 95.9 Å². The maximum absolute atomic E-state index is 12.4. The van der Waals surface area contributed by atoms with Gasteiger partial charge < -0.3 is 20.3 Å². The van der Waals surface area contributed by atoms with E-state index in [-0.39, 0.29) is 18.5 Å². The fraction of sp³-hybridized carbons (Fsp3) is 0.875. The number of esters is 1. The van der Waals surface area contributed by atoms with Crippen molar-refractivity contribution in [2.75, 3.05) is 13.2 Å². The summed E-state index contributed by atoms with van der Waals surface area (Å²) in [5.41, 5.74) is 0. The largest absolute Gasteiger partial charge is 0.466 e. The van der Waals surface area contributed by atoms with Gasteiger partial charge in [0, 0.05) is 12.8 Å². The first-order chi connectivity index (χ1) is 34.5. The van der Waals surface area contributed by atoms with Gasteiger partial charge in [0.1, 0.15) is 0 Å². The second-order valence-corrected chi connectivity index (χ2v) is 21.4. The quantitative estimate of drug-likeness (QED) is 0.0321. The SMILES string of the molecule is CCCC/C=C\C/C=C\CCCCCCCC(=O)OCCCCCCCCCCCCCCCCCCCCCCCCCCCCCCCCC(=O)NC(CO)C(O)/C=C/CCCCCCCCC. The lowest BCUT2D eigenvalue weighted by Gasteiger charge is -2.20. The highest BCUT2D eigenvalue weighted by atomic mass is 16.5. The first-order valence-corrected chi connectivity index (χ1v) is 31.3. The molecule has 0 aromatic carbocycles. The first kappa shape index (κ1) is 68.1. The Morgan fingerprint density at radius 2 is 0.729 bits per heavy atom. The molecule has 0 aromatic rings. The molecule has 0 fully saturated rings. The van der Waals surface area contributed by atoms with Crippen LogP contribution < -0.4 is 5.32 Å². The van der Waals surface area contributed by atoms with Crippen molar-refractivity contribution in [1.82, 2.24) is 5.32 Å². The third kappa shape index (κ3) is 55.4. The number of hydrogen-bond acceptors (Lipinski definition) is 5. The normalized spacial score (nSPS) is 12.8. The lowest BCUT2D eigenvalue weighted by Crippen LogP contribution is -2.45. The molecule has 6 heteroatoms. The van der Waals surface area contributed by atoms with Gasteiger partial charge in [0.15, 0.2) is 0 Å². The summed E-state index contributed by atoms with van der Waals surface area (Å²) >= 11 is 0. The first-order valence-electron chi connectivity index (χ1n) is 31.3. The lowest BCUT2D eigenvalue weighted by atomic mass is 10.0. The third-order valence-electron chi connectivity index (χ3n) is 14.4. The number of ether oxygens (including phenoxy) is 1. The van der Waals surface area contributed by atoms with Crippen molar-refractivity contribution in [3.63, 3.8) is 0 Å². The summed E-state index contributed by atoms with van der Waals surface area (Å²) in [6.45, 7) is 4.84. The van der Waals surface area contributed by atoms with Crippen LogP contribution in [0, 0.1) is 0 Å². The molecule has 412 valence electrons. The zero-order valence-electron chi connectivity index (χ0n) is 47.0. The van der Waals surface area contributed by atoms with Gasteiger partial charge in [0.2, 0.25) is 5.91 Å². The van der Waals surface area contributed by atoms with Crippen molar-refractivity contribution in [2.45, 2.75) is 347 Å². The number of aliphatic hydroxyl groups is 2. The Balaban J connectivity index is 3.31. The summed E-state index contributed by atoms with van der Waals surface area (Å²) in [6.07, 6.45) is 75.0. The maximum Gasteiger partial charge on any atom is 0.305 e. The Labute approximate surface area is 436 Å². The van der Waals surface area contributed by atoms with Gasteiger partial charge in [0.25, 0.3) is 0 Å². The van der Waals surface area contributed by atoms with E-state index < -0.39 is 12.1 Å². The monoisotopic (exact) mass is 984 g/mol. The number of rotatable bonds is 58. The molecular formula is C64H121NO5. The van der Waals surface area contributed by atoms with Gasteiger partial charge in [-0.25, -0.2) is 0 Å². The molecule has 2 unspecified atom stereocenters. The van der Waals surface area contributed by atoms with E-state index in [0.717, 1.165) is 51.4 Å². The summed E-state index contributed by atoms with van der Waals surface area (Å²) in [7, 11) is 0. The van der Waals surface area contributed by atoms with Gasteiger partial charge in [-0.3, -0.25) is 9.59 Å². The molecule has 70 heavy (non-hydrogen) atoms. The molecule has 0 rings (SSSR count). The Morgan fingerprint density at radius 3 is 1.13 bits per heavy atom. The van der Waals surface area contributed by atoms with Crippen LogP contribution in [0.1, 0.15) is 335 Å². The van der Waals surface area contributed by atoms with Crippen LogP contribution >= 0.6 is 0 Å². The van der Waals surface area contributed by atoms with E-state index in [1.54, 1.807) is 6.08 Å². The molecule has 0 aliphatic heterocycles. The van der Waals surface area contributed by atoms with Gasteiger partial charge in [-0.15, -0.1) is 0 Å². The Morgan fingerprint density at radius 1 is 0.400 bits per heavy atom. The second-order valence-electron chi connectivity index (χ2n) is 21.4. The molecule has 0 saturated carbocycles. The van der Waals surface area contributed by atoms with Crippen molar-refractivity contribution in [1.29, 1.82) is 0 Å². The van der Waals surface area contributed by atoms with Crippen LogP contribution in [0.4, 0.5) is 0 Å². The molecule has 1 amide bonds.